The van der Waals surface area contributed by atoms with Crippen molar-refractivity contribution in [1.82, 2.24) is 5.32 Å². The van der Waals surface area contributed by atoms with E-state index in [4.69, 9.17) is 16.3 Å². The van der Waals surface area contributed by atoms with Crippen molar-refractivity contribution < 1.29 is 19.1 Å². The zero-order valence-corrected chi connectivity index (χ0v) is 15.7. The molecule has 0 radical (unpaired) electrons. The van der Waals surface area contributed by atoms with Crippen molar-refractivity contribution in [3.05, 3.63) is 23.2 Å². The molecule has 1 aliphatic carbocycles. The van der Waals surface area contributed by atoms with E-state index in [-0.39, 0.29) is 17.7 Å². The van der Waals surface area contributed by atoms with Gasteiger partial charge in [-0.05, 0) is 44.9 Å². The summed E-state index contributed by atoms with van der Waals surface area (Å²) >= 11 is 5.94. The fourth-order valence-electron chi connectivity index (χ4n) is 3.54. The summed E-state index contributed by atoms with van der Waals surface area (Å²) in [5.74, 6) is -2.66. The van der Waals surface area contributed by atoms with Crippen molar-refractivity contribution in [2.75, 3.05) is 5.32 Å². The molecule has 2 amide bonds. The van der Waals surface area contributed by atoms with Crippen LogP contribution in [-0.2, 0) is 14.4 Å². The summed E-state index contributed by atoms with van der Waals surface area (Å²) in [6.45, 7) is 3.19. The Morgan fingerprint density at radius 2 is 1.92 bits per heavy atom. The SMILES string of the molecule is CC(C)(C(=O)NC1CCCCC1)C1C(=O)Nc2cc(Cl)ccc2OC1=O. The Balaban J connectivity index is 1.81. The van der Waals surface area contributed by atoms with Gasteiger partial charge in [-0.1, -0.05) is 30.9 Å². The molecule has 1 unspecified atom stereocenters. The summed E-state index contributed by atoms with van der Waals surface area (Å²) in [4.78, 5) is 38.2. The van der Waals surface area contributed by atoms with Gasteiger partial charge in [-0.15, -0.1) is 0 Å². The lowest BCUT2D eigenvalue weighted by Gasteiger charge is -2.32. The Bertz CT molecular complexity index is 741. The fraction of sp³-hybridized carbons (Fsp3) is 0.526. The number of fused-ring (bicyclic) bond motifs is 1. The number of anilines is 1. The zero-order valence-electron chi connectivity index (χ0n) is 14.9. The number of esters is 1. The molecule has 1 atom stereocenters. The van der Waals surface area contributed by atoms with Crippen LogP contribution in [0.15, 0.2) is 18.2 Å². The molecule has 0 saturated heterocycles. The lowest BCUT2D eigenvalue weighted by molar-refractivity contribution is -0.153. The Morgan fingerprint density at radius 3 is 2.62 bits per heavy atom. The number of nitrogens with one attached hydrogen (secondary N) is 2. The number of halogens is 1. The van der Waals surface area contributed by atoms with Gasteiger partial charge in [0.05, 0.1) is 11.1 Å². The van der Waals surface area contributed by atoms with Crippen LogP contribution in [-0.4, -0.2) is 23.8 Å². The Kier molecular flexibility index (Phi) is 5.23. The first-order chi connectivity index (χ1) is 12.3. The molecule has 0 spiro atoms. The normalized spacial score (nSPS) is 21.3. The third-order valence-corrected chi connectivity index (χ3v) is 5.39. The van der Waals surface area contributed by atoms with Gasteiger partial charge in [-0.2, -0.15) is 0 Å². The molecule has 2 aliphatic rings. The third kappa shape index (κ3) is 3.70. The molecule has 7 heteroatoms. The lowest BCUT2D eigenvalue weighted by Crippen LogP contribution is -2.52. The first-order valence-electron chi connectivity index (χ1n) is 8.92. The van der Waals surface area contributed by atoms with Gasteiger partial charge in [-0.3, -0.25) is 14.4 Å². The highest BCUT2D eigenvalue weighted by Crippen LogP contribution is 2.37. The summed E-state index contributed by atoms with van der Waals surface area (Å²) in [7, 11) is 0. The molecule has 6 nitrogen and oxygen atoms in total. The molecule has 1 aliphatic heterocycles. The first-order valence-corrected chi connectivity index (χ1v) is 9.30. The first kappa shape index (κ1) is 18.7. The van der Waals surface area contributed by atoms with Crippen LogP contribution >= 0.6 is 11.6 Å². The predicted molar refractivity (Wildman–Crippen MR) is 98.0 cm³/mol. The molecule has 1 fully saturated rings. The second kappa shape index (κ2) is 7.27. The van der Waals surface area contributed by atoms with Gasteiger partial charge in [0.1, 0.15) is 5.92 Å². The Morgan fingerprint density at radius 1 is 1.23 bits per heavy atom. The topological polar surface area (TPSA) is 84.5 Å². The summed E-state index contributed by atoms with van der Waals surface area (Å²) in [5.41, 5.74) is -0.924. The molecule has 1 aromatic rings. The predicted octanol–water partition coefficient (Wildman–Crippen LogP) is 3.29. The van der Waals surface area contributed by atoms with Gasteiger partial charge in [0.25, 0.3) is 0 Å². The smallest absolute Gasteiger partial charge is 0.325 e. The highest BCUT2D eigenvalue weighted by atomic mass is 35.5. The van der Waals surface area contributed by atoms with Crippen LogP contribution in [0.3, 0.4) is 0 Å². The van der Waals surface area contributed by atoms with Gasteiger partial charge in [0.2, 0.25) is 11.8 Å². The van der Waals surface area contributed by atoms with E-state index in [1.165, 1.54) is 18.6 Å². The van der Waals surface area contributed by atoms with Crippen molar-refractivity contribution in [3.8, 4) is 5.75 Å². The van der Waals surface area contributed by atoms with Crippen LogP contribution in [0.4, 0.5) is 5.69 Å². The van der Waals surface area contributed by atoms with Gasteiger partial charge >= 0.3 is 5.97 Å². The Labute approximate surface area is 157 Å². The second-order valence-corrected chi connectivity index (χ2v) is 7.95. The van der Waals surface area contributed by atoms with Gasteiger partial charge in [-0.25, -0.2) is 0 Å². The van der Waals surface area contributed by atoms with Gasteiger partial charge in [0, 0.05) is 11.1 Å². The molecule has 26 heavy (non-hydrogen) atoms. The van der Waals surface area contributed by atoms with Crippen molar-refractivity contribution in [2.45, 2.75) is 52.0 Å². The maximum atomic E-state index is 12.8. The van der Waals surface area contributed by atoms with Crippen molar-refractivity contribution in [1.29, 1.82) is 0 Å². The van der Waals surface area contributed by atoms with E-state index >= 15 is 0 Å². The van der Waals surface area contributed by atoms with Crippen LogP contribution in [0.2, 0.25) is 5.02 Å². The minimum Gasteiger partial charge on any atom is -0.424 e. The lowest BCUT2D eigenvalue weighted by atomic mass is 9.76. The number of ether oxygens (including phenoxy) is 1. The highest BCUT2D eigenvalue weighted by molar-refractivity contribution is 6.31. The minimum absolute atomic E-state index is 0.0939. The maximum absolute atomic E-state index is 12.8. The average Bonchev–Trinajstić information content (AvgIpc) is 2.70. The molecule has 1 saturated carbocycles. The van der Waals surface area contributed by atoms with Crippen molar-refractivity contribution in [3.63, 3.8) is 0 Å². The van der Waals surface area contributed by atoms with E-state index in [9.17, 15) is 14.4 Å². The number of carbonyl (C=O) groups is 3. The molecule has 140 valence electrons. The molecular formula is C19H23ClN2O4. The van der Waals surface area contributed by atoms with E-state index in [0.29, 0.717) is 10.7 Å². The van der Waals surface area contributed by atoms with Crippen LogP contribution < -0.4 is 15.4 Å². The van der Waals surface area contributed by atoms with Gasteiger partial charge < -0.3 is 15.4 Å². The molecule has 3 rings (SSSR count). The summed E-state index contributed by atoms with van der Waals surface area (Å²) in [6, 6.07) is 4.70. The maximum Gasteiger partial charge on any atom is 0.325 e. The van der Waals surface area contributed by atoms with E-state index in [1.54, 1.807) is 19.9 Å². The van der Waals surface area contributed by atoms with E-state index in [2.05, 4.69) is 10.6 Å². The Hall–Kier alpha value is -2.08. The van der Waals surface area contributed by atoms with Crippen LogP contribution in [0, 0.1) is 11.3 Å². The van der Waals surface area contributed by atoms with E-state index < -0.39 is 23.2 Å². The molecule has 1 heterocycles. The summed E-state index contributed by atoms with van der Waals surface area (Å²) in [5, 5.41) is 6.07. The zero-order chi connectivity index (χ0) is 18.9. The summed E-state index contributed by atoms with van der Waals surface area (Å²) in [6.07, 6.45) is 5.18. The van der Waals surface area contributed by atoms with Crippen molar-refractivity contribution in [2.24, 2.45) is 11.3 Å². The third-order valence-electron chi connectivity index (χ3n) is 5.16. The molecule has 2 N–H and O–H groups in total. The monoisotopic (exact) mass is 378 g/mol. The van der Waals surface area contributed by atoms with E-state index in [0.717, 1.165) is 25.7 Å². The number of amides is 2. The fourth-order valence-corrected chi connectivity index (χ4v) is 3.71. The number of hydrogen-bond acceptors (Lipinski definition) is 4. The molecule has 0 aromatic heterocycles. The number of rotatable bonds is 3. The van der Waals surface area contributed by atoms with E-state index in [1.807, 2.05) is 0 Å². The molecular weight excluding hydrogens is 356 g/mol. The standard InChI is InChI=1S/C19H23ClN2O4/c1-19(2,18(25)21-12-6-4-3-5-7-12)15-16(23)22-13-10-11(20)8-9-14(13)26-17(15)24/h8-10,12,15H,3-7H2,1-2H3,(H,21,25)(H,22,23). The van der Waals surface area contributed by atoms with Crippen LogP contribution in [0.5, 0.6) is 5.75 Å². The highest BCUT2D eigenvalue weighted by Gasteiger charge is 2.49. The number of hydrogen-bond donors (Lipinski definition) is 2. The quantitative estimate of drug-likeness (QED) is 0.480. The van der Waals surface area contributed by atoms with Gasteiger partial charge in [0.15, 0.2) is 5.75 Å². The summed E-state index contributed by atoms with van der Waals surface area (Å²) < 4.78 is 5.36. The van der Waals surface area contributed by atoms with Crippen LogP contribution in [0.25, 0.3) is 0 Å². The van der Waals surface area contributed by atoms with Crippen LogP contribution in [0.1, 0.15) is 46.0 Å². The average molecular weight is 379 g/mol. The number of benzene rings is 1. The molecule has 0 bridgehead atoms. The largest absolute Gasteiger partial charge is 0.424 e. The second-order valence-electron chi connectivity index (χ2n) is 7.51. The number of carbonyl (C=O) groups excluding carboxylic acids is 3. The molecule has 1 aromatic carbocycles. The minimum atomic E-state index is -1.25. The van der Waals surface area contributed by atoms with Crippen molar-refractivity contribution >= 4 is 35.1 Å².